The van der Waals surface area contributed by atoms with Crippen LogP contribution in [0.25, 0.3) is 0 Å². The molecule has 0 bridgehead atoms. The minimum Gasteiger partial charge on any atom is -0.263 e. The van der Waals surface area contributed by atoms with Gasteiger partial charge in [-0.3, -0.25) is 4.98 Å². The van der Waals surface area contributed by atoms with Gasteiger partial charge in [0.25, 0.3) is 0 Å². The molecule has 1 aromatic rings. The Kier molecular flexibility index (Phi) is 2.01. The molecule has 0 aliphatic carbocycles. The van der Waals surface area contributed by atoms with Crippen LogP contribution < -0.4 is 0 Å². The molecule has 0 amide bonds. The van der Waals surface area contributed by atoms with Crippen molar-refractivity contribution >= 4 is 11.8 Å². The van der Waals surface area contributed by atoms with Crippen LogP contribution in [0.3, 0.4) is 0 Å². The first-order chi connectivity index (χ1) is 5.92. The van der Waals surface area contributed by atoms with Gasteiger partial charge in [-0.25, -0.2) is 0 Å². The highest BCUT2D eigenvalue weighted by molar-refractivity contribution is 7.98. The van der Waals surface area contributed by atoms with Crippen LogP contribution in [0, 0.1) is 11.3 Å². The molecule has 2 nitrogen and oxygen atoms in total. The second-order valence-electron chi connectivity index (χ2n) is 2.74. The lowest BCUT2D eigenvalue weighted by molar-refractivity contribution is 1.04. The van der Waals surface area contributed by atoms with Gasteiger partial charge in [-0.2, -0.15) is 17.0 Å². The Hall–Kier alpha value is -1.01. The third kappa shape index (κ3) is 1.19. The number of fused-ring (bicyclic) bond motifs is 1. The lowest BCUT2D eigenvalue weighted by Gasteiger charge is -2.14. The van der Waals surface area contributed by atoms with Crippen molar-refractivity contribution in [3.8, 4) is 6.07 Å². The zero-order valence-electron chi connectivity index (χ0n) is 6.58. The van der Waals surface area contributed by atoms with Crippen LogP contribution in [0.2, 0.25) is 0 Å². The summed E-state index contributed by atoms with van der Waals surface area (Å²) in [5.41, 5.74) is 3.20. The number of pyridine rings is 1. The quantitative estimate of drug-likeness (QED) is 0.604. The number of hydrogen-bond acceptors (Lipinski definition) is 3. The fraction of sp³-hybridized carbons (Fsp3) is 0.333. The van der Waals surface area contributed by atoms with Crippen LogP contribution in [0.4, 0.5) is 0 Å². The Morgan fingerprint density at radius 2 is 2.42 bits per heavy atom. The fourth-order valence-corrected chi connectivity index (χ4v) is 2.42. The van der Waals surface area contributed by atoms with E-state index in [1.165, 1.54) is 11.1 Å². The summed E-state index contributed by atoms with van der Waals surface area (Å²) in [6, 6.07) is 2.18. The summed E-state index contributed by atoms with van der Waals surface area (Å²) in [7, 11) is 0. The molecule has 2 heterocycles. The first-order valence-electron chi connectivity index (χ1n) is 3.85. The van der Waals surface area contributed by atoms with E-state index in [1.807, 2.05) is 18.0 Å². The zero-order chi connectivity index (χ0) is 8.39. The molecule has 0 N–H and O–H groups in total. The first-order valence-corrected chi connectivity index (χ1v) is 5.01. The minimum atomic E-state index is 0.750. The van der Waals surface area contributed by atoms with Gasteiger partial charge in [0.1, 0.15) is 6.07 Å². The Bertz CT molecular complexity index is 341. The van der Waals surface area contributed by atoms with Gasteiger partial charge in [0.2, 0.25) is 0 Å². The van der Waals surface area contributed by atoms with Crippen LogP contribution in [-0.4, -0.2) is 10.7 Å². The maximum atomic E-state index is 8.79. The topological polar surface area (TPSA) is 36.7 Å². The monoisotopic (exact) mass is 176 g/mol. The first kappa shape index (κ1) is 7.63. The van der Waals surface area contributed by atoms with E-state index >= 15 is 0 Å². The van der Waals surface area contributed by atoms with E-state index in [-0.39, 0.29) is 0 Å². The molecule has 0 fully saturated rings. The van der Waals surface area contributed by atoms with E-state index < -0.39 is 0 Å². The van der Waals surface area contributed by atoms with Gasteiger partial charge in [-0.05, 0) is 23.3 Å². The van der Waals surface area contributed by atoms with Crippen molar-refractivity contribution in [1.29, 1.82) is 5.26 Å². The number of hydrogen-bond donors (Lipinski definition) is 0. The van der Waals surface area contributed by atoms with Crippen molar-refractivity contribution < 1.29 is 0 Å². The highest BCUT2D eigenvalue weighted by Gasteiger charge is 2.12. The van der Waals surface area contributed by atoms with E-state index in [4.69, 9.17) is 5.26 Å². The number of nitrogens with zero attached hydrogens (tertiary/aromatic N) is 2. The average Bonchev–Trinajstić information content (AvgIpc) is 2.17. The van der Waals surface area contributed by atoms with Crippen molar-refractivity contribution in [2.45, 2.75) is 12.2 Å². The smallest absolute Gasteiger partial charge is 0.101 e. The minimum absolute atomic E-state index is 0.750. The highest BCUT2D eigenvalue weighted by Crippen LogP contribution is 2.25. The van der Waals surface area contributed by atoms with Crippen molar-refractivity contribution in [3.63, 3.8) is 0 Å². The van der Waals surface area contributed by atoms with Crippen LogP contribution >= 0.6 is 11.8 Å². The third-order valence-corrected chi connectivity index (χ3v) is 3.01. The molecule has 1 aliphatic heterocycles. The number of thioether (sulfide) groups is 1. The van der Waals surface area contributed by atoms with Crippen LogP contribution in [0.5, 0.6) is 0 Å². The van der Waals surface area contributed by atoms with Crippen molar-refractivity contribution in [2.24, 2.45) is 0 Å². The molecule has 0 saturated carbocycles. The van der Waals surface area contributed by atoms with E-state index in [2.05, 4.69) is 11.1 Å². The van der Waals surface area contributed by atoms with Crippen molar-refractivity contribution in [2.75, 3.05) is 5.75 Å². The molecular formula is C9H8N2S. The summed E-state index contributed by atoms with van der Waals surface area (Å²) < 4.78 is 0. The summed E-state index contributed by atoms with van der Waals surface area (Å²) in [5, 5.41) is 8.79. The molecular weight excluding hydrogens is 168 g/mol. The number of rotatable bonds is 0. The maximum absolute atomic E-state index is 8.79. The summed E-state index contributed by atoms with van der Waals surface area (Å²) in [4.78, 5) is 4.04. The number of aryl methyl sites for hydroxylation is 1. The maximum Gasteiger partial charge on any atom is 0.101 e. The number of aromatic nitrogens is 1. The van der Waals surface area contributed by atoms with Crippen molar-refractivity contribution in [1.82, 2.24) is 4.98 Å². The van der Waals surface area contributed by atoms with Crippen LogP contribution in [-0.2, 0) is 12.2 Å². The Morgan fingerprint density at radius 3 is 3.25 bits per heavy atom. The third-order valence-electron chi connectivity index (χ3n) is 2.03. The van der Waals surface area contributed by atoms with E-state index in [1.54, 1.807) is 6.20 Å². The number of nitriles is 1. The van der Waals surface area contributed by atoms with Gasteiger partial charge in [0.05, 0.1) is 5.56 Å². The SMILES string of the molecule is N#Cc1cncc2c1CSCC2. The molecule has 60 valence electrons. The molecule has 2 rings (SSSR count). The second-order valence-corrected chi connectivity index (χ2v) is 3.84. The average molecular weight is 176 g/mol. The summed E-state index contributed by atoms with van der Waals surface area (Å²) in [6.45, 7) is 0. The summed E-state index contributed by atoms with van der Waals surface area (Å²) in [5.74, 6) is 2.13. The van der Waals surface area contributed by atoms with E-state index in [0.717, 1.165) is 23.5 Å². The predicted molar refractivity (Wildman–Crippen MR) is 48.8 cm³/mol. The molecule has 0 saturated heterocycles. The normalized spacial score (nSPS) is 14.9. The highest BCUT2D eigenvalue weighted by atomic mass is 32.2. The predicted octanol–water partition coefficient (Wildman–Crippen LogP) is 1.74. The van der Waals surface area contributed by atoms with Gasteiger partial charge >= 0.3 is 0 Å². The lowest BCUT2D eigenvalue weighted by atomic mass is 10.0. The molecule has 0 aromatic carbocycles. The molecule has 0 unspecified atom stereocenters. The van der Waals surface area contributed by atoms with Gasteiger partial charge in [0, 0.05) is 18.1 Å². The fourth-order valence-electron chi connectivity index (χ4n) is 1.37. The lowest BCUT2D eigenvalue weighted by Crippen LogP contribution is -2.05. The molecule has 0 atom stereocenters. The molecule has 1 aliphatic rings. The molecule has 12 heavy (non-hydrogen) atoms. The molecule has 0 spiro atoms. The largest absolute Gasteiger partial charge is 0.263 e. The Morgan fingerprint density at radius 1 is 1.50 bits per heavy atom. The molecule has 3 heteroatoms. The Balaban J connectivity index is 2.53. The van der Waals surface area contributed by atoms with Crippen LogP contribution in [0.15, 0.2) is 12.4 Å². The van der Waals surface area contributed by atoms with Gasteiger partial charge in [0.15, 0.2) is 0 Å². The van der Waals surface area contributed by atoms with Gasteiger partial charge in [-0.1, -0.05) is 0 Å². The summed E-state index contributed by atoms with van der Waals surface area (Å²) in [6.07, 6.45) is 4.60. The van der Waals surface area contributed by atoms with Gasteiger partial charge in [-0.15, -0.1) is 0 Å². The van der Waals surface area contributed by atoms with E-state index in [0.29, 0.717) is 0 Å². The molecule has 0 radical (unpaired) electrons. The standard InChI is InChI=1S/C9H8N2S/c10-3-8-5-11-4-7-1-2-12-6-9(7)8/h4-5H,1-2,6H2. The van der Waals surface area contributed by atoms with E-state index in [9.17, 15) is 0 Å². The van der Waals surface area contributed by atoms with Gasteiger partial charge < -0.3 is 0 Å². The Labute approximate surface area is 75.6 Å². The molecule has 1 aromatic heterocycles. The summed E-state index contributed by atoms with van der Waals surface area (Å²) >= 11 is 1.89. The van der Waals surface area contributed by atoms with Crippen molar-refractivity contribution in [3.05, 3.63) is 29.1 Å². The van der Waals surface area contributed by atoms with Crippen LogP contribution in [0.1, 0.15) is 16.7 Å². The zero-order valence-corrected chi connectivity index (χ0v) is 7.40. The second kappa shape index (κ2) is 3.16.